The molecule has 0 aromatic heterocycles. The van der Waals surface area contributed by atoms with Crippen LogP contribution in [0.5, 0.6) is 0 Å². The van der Waals surface area contributed by atoms with Gasteiger partial charge in [-0.15, -0.1) is 0 Å². The van der Waals surface area contributed by atoms with Crippen LogP contribution in [0.15, 0.2) is 0 Å². The third-order valence-electron chi connectivity index (χ3n) is 3.74. The van der Waals surface area contributed by atoms with Crippen molar-refractivity contribution in [3.8, 4) is 0 Å². The summed E-state index contributed by atoms with van der Waals surface area (Å²) >= 11 is 0. The van der Waals surface area contributed by atoms with E-state index in [0.717, 1.165) is 19.0 Å². The van der Waals surface area contributed by atoms with E-state index in [1.165, 1.54) is 12.8 Å². The molecule has 0 aromatic carbocycles. The molecule has 0 saturated carbocycles. The molecule has 1 aliphatic heterocycles. The summed E-state index contributed by atoms with van der Waals surface area (Å²) in [6.45, 7) is 11.5. The first-order chi connectivity index (χ1) is 8.31. The normalized spacial score (nSPS) is 23.7. The zero-order valence-electron chi connectivity index (χ0n) is 12.3. The van der Waals surface area contributed by atoms with E-state index in [1.54, 1.807) is 0 Å². The average molecular weight is 255 g/mol. The highest BCUT2D eigenvalue weighted by Crippen LogP contribution is 2.23. The van der Waals surface area contributed by atoms with Gasteiger partial charge >= 0.3 is 0 Å². The van der Waals surface area contributed by atoms with Crippen LogP contribution >= 0.6 is 0 Å². The molecule has 4 heteroatoms. The number of carbonyl (C=O) groups excluding carboxylic acids is 1. The minimum absolute atomic E-state index is 0.0299. The summed E-state index contributed by atoms with van der Waals surface area (Å²) in [4.78, 5) is 14.1. The highest BCUT2D eigenvalue weighted by atomic mass is 16.1. The van der Waals surface area contributed by atoms with Crippen LogP contribution in [-0.2, 0) is 4.79 Å². The molecule has 1 heterocycles. The summed E-state index contributed by atoms with van der Waals surface area (Å²) in [6, 6.07) is -0.0666. The summed E-state index contributed by atoms with van der Waals surface area (Å²) < 4.78 is 0. The van der Waals surface area contributed by atoms with Crippen molar-refractivity contribution < 1.29 is 4.79 Å². The van der Waals surface area contributed by atoms with Crippen LogP contribution in [0.4, 0.5) is 0 Å². The number of amides is 1. The van der Waals surface area contributed by atoms with Gasteiger partial charge in [-0.2, -0.15) is 0 Å². The fourth-order valence-electron chi connectivity index (χ4n) is 2.53. The lowest BCUT2D eigenvalue weighted by Crippen LogP contribution is -2.54. The van der Waals surface area contributed by atoms with E-state index < -0.39 is 0 Å². The Balaban J connectivity index is 2.41. The second-order valence-corrected chi connectivity index (χ2v) is 6.46. The molecule has 4 nitrogen and oxygen atoms in total. The van der Waals surface area contributed by atoms with Gasteiger partial charge in [-0.3, -0.25) is 9.69 Å². The second-order valence-electron chi connectivity index (χ2n) is 6.46. The Labute approximate surface area is 111 Å². The summed E-state index contributed by atoms with van der Waals surface area (Å²) in [5, 5.41) is 3.01. The van der Waals surface area contributed by atoms with E-state index in [2.05, 4.69) is 31.0 Å². The summed E-state index contributed by atoms with van der Waals surface area (Å²) in [5.41, 5.74) is 5.65. The molecule has 106 valence electrons. The zero-order chi connectivity index (χ0) is 13.8. The van der Waals surface area contributed by atoms with Crippen molar-refractivity contribution in [1.82, 2.24) is 10.2 Å². The van der Waals surface area contributed by atoms with Gasteiger partial charge in [0.15, 0.2) is 0 Å². The van der Waals surface area contributed by atoms with Crippen molar-refractivity contribution in [2.45, 2.75) is 58.5 Å². The molecule has 2 atom stereocenters. The Morgan fingerprint density at radius 2 is 2.22 bits per heavy atom. The molecule has 1 saturated heterocycles. The number of carbonyl (C=O) groups is 1. The molecule has 0 aliphatic carbocycles. The molecule has 1 fully saturated rings. The molecule has 0 aromatic rings. The fourth-order valence-corrected chi connectivity index (χ4v) is 2.53. The number of nitrogens with two attached hydrogens (primary N) is 1. The molecule has 1 amide bonds. The lowest BCUT2D eigenvalue weighted by atomic mass is 9.93. The smallest absolute Gasteiger partial charge is 0.221 e. The maximum Gasteiger partial charge on any atom is 0.221 e. The van der Waals surface area contributed by atoms with Crippen LogP contribution in [0.2, 0.25) is 0 Å². The van der Waals surface area contributed by atoms with Gasteiger partial charge in [-0.1, -0.05) is 6.92 Å². The molecule has 18 heavy (non-hydrogen) atoms. The maximum atomic E-state index is 11.6. The topological polar surface area (TPSA) is 58.4 Å². The van der Waals surface area contributed by atoms with E-state index >= 15 is 0 Å². The van der Waals surface area contributed by atoms with E-state index in [1.807, 2.05) is 6.92 Å². The molecule has 0 spiro atoms. The minimum Gasteiger partial charge on any atom is -0.354 e. The van der Waals surface area contributed by atoms with Crippen molar-refractivity contribution in [2.24, 2.45) is 11.7 Å². The van der Waals surface area contributed by atoms with Gasteiger partial charge in [0.1, 0.15) is 0 Å². The first kappa shape index (κ1) is 15.4. The Morgan fingerprint density at radius 3 is 2.78 bits per heavy atom. The van der Waals surface area contributed by atoms with Crippen LogP contribution in [0, 0.1) is 5.92 Å². The number of nitrogens with one attached hydrogen (secondary N) is 1. The number of rotatable bonds is 5. The number of likely N-dealkylation sites (tertiary alicyclic amines) is 1. The molecule has 0 bridgehead atoms. The van der Waals surface area contributed by atoms with E-state index in [9.17, 15) is 4.79 Å². The number of nitrogens with zero attached hydrogens (tertiary/aromatic N) is 1. The van der Waals surface area contributed by atoms with Crippen molar-refractivity contribution in [3.05, 3.63) is 0 Å². The lowest BCUT2D eigenvalue weighted by molar-refractivity contribution is -0.122. The molecule has 0 radical (unpaired) electrons. The van der Waals surface area contributed by atoms with Crippen molar-refractivity contribution in [2.75, 3.05) is 19.6 Å². The third-order valence-corrected chi connectivity index (χ3v) is 3.74. The summed E-state index contributed by atoms with van der Waals surface area (Å²) in [7, 11) is 0. The maximum absolute atomic E-state index is 11.6. The highest BCUT2D eigenvalue weighted by Gasteiger charge is 2.30. The predicted octanol–water partition coefficient (Wildman–Crippen LogP) is 1.35. The molecular weight excluding hydrogens is 226 g/mol. The van der Waals surface area contributed by atoms with Gasteiger partial charge in [0.05, 0.1) is 0 Å². The Kier molecular flexibility index (Phi) is 5.60. The minimum atomic E-state index is -0.0666. The monoisotopic (exact) mass is 255 g/mol. The largest absolute Gasteiger partial charge is 0.354 e. The first-order valence-corrected chi connectivity index (χ1v) is 7.08. The van der Waals surface area contributed by atoms with E-state index in [4.69, 9.17) is 5.73 Å². The van der Waals surface area contributed by atoms with Gasteiger partial charge in [-0.05, 0) is 46.1 Å². The predicted molar refractivity (Wildman–Crippen MR) is 75.3 cm³/mol. The molecular formula is C14H29N3O. The molecule has 2 unspecified atom stereocenters. The van der Waals surface area contributed by atoms with E-state index in [0.29, 0.717) is 13.0 Å². The third kappa shape index (κ3) is 4.94. The number of piperidine rings is 1. The van der Waals surface area contributed by atoms with Gasteiger partial charge < -0.3 is 11.1 Å². The van der Waals surface area contributed by atoms with Gasteiger partial charge in [0.2, 0.25) is 5.91 Å². The SMILES string of the molecule is CC(N)CC(=O)NCC(C)(C)N1CCCC(C)C1. The fraction of sp³-hybridized carbons (Fsp3) is 0.929. The van der Waals surface area contributed by atoms with Gasteiger partial charge in [0, 0.05) is 31.1 Å². The summed E-state index contributed by atoms with van der Waals surface area (Å²) in [6.07, 6.45) is 2.99. The standard InChI is InChI=1S/C14H29N3O/c1-11-6-5-7-17(9-11)14(3,4)10-16-13(18)8-12(2)15/h11-12H,5-10,15H2,1-4H3,(H,16,18). The number of hydrogen-bond acceptors (Lipinski definition) is 3. The molecule has 1 rings (SSSR count). The van der Waals surface area contributed by atoms with E-state index in [-0.39, 0.29) is 17.5 Å². The van der Waals surface area contributed by atoms with Crippen LogP contribution < -0.4 is 11.1 Å². The van der Waals surface area contributed by atoms with Crippen LogP contribution in [0.3, 0.4) is 0 Å². The average Bonchev–Trinajstić information content (AvgIpc) is 2.26. The van der Waals surface area contributed by atoms with Gasteiger partial charge in [0.25, 0.3) is 0 Å². The van der Waals surface area contributed by atoms with Gasteiger partial charge in [-0.25, -0.2) is 0 Å². The van der Waals surface area contributed by atoms with Crippen LogP contribution in [-0.4, -0.2) is 42.0 Å². The van der Waals surface area contributed by atoms with Crippen LogP contribution in [0.25, 0.3) is 0 Å². The Morgan fingerprint density at radius 1 is 1.56 bits per heavy atom. The van der Waals surface area contributed by atoms with Crippen molar-refractivity contribution in [3.63, 3.8) is 0 Å². The highest BCUT2D eigenvalue weighted by molar-refractivity contribution is 5.76. The Hall–Kier alpha value is -0.610. The van der Waals surface area contributed by atoms with Crippen LogP contribution in [0.1, 0.15) is 47.0 Å². The van der Waals surface area contributed by atoms with Crippen molar-refractivity contribution in [1.29, 1.82) is 0 Å². The number of hydrogen-bond donors (Lipinski definition) is 2. The quantitative estimate of drug-likeness (QED) is 0.779. The Bertz CT molecular complexity index is 276. The lowest BCUT2D eigenvalue weighted by Gasteiger charge is -2.43. The molecule has 1 aliphatic rings. The van der Waals surface area contributed by atoms with Crippen molar-refractivity contribution >= 4 is 5.91 Å². The zero-order valence-corrected chi connectivity index (χ0v) is 12.3. The molecule has 3 N–H and O–H groups in total. The first-order valence-electron chi connectivity index (χ1n) is 7.08. The summed E-state index contributed by atoms with van der Waals surface area (Å²) in [5.74, 6) is 0.820. The second kappa shape index (κ2) is 6.53.